The summed E-state index contributed by atoms with van der Waals surface area (Å²) in [7, 11) is 0. The van der Waals surface area contributed by atoms with Crippen LogP contribution in [0.1, 0.15) is 10.4 Å². The van der Waals surface area contributed by atoms with E-state index in [1.807, 2.05) is 0 Å². The monoisotopic (exact) mass is 338 g/mol. The molecule has 0 saturated heterocycles. The number of nitrogens with one attached hydrogen (secondary N) is 1. The van der Waals surface area contributed by atoms with Gasteiger partial charge in [-0.05, 0) is 30.3 Å². The molecular formula is C15H12Cl2N2O3. The average Bonchev–Trinajstić information content (AvgIpc) is 2.44. The lowest BCUT2D eigenvalue weighted by Crippen LogP contribution is -2.21. The van der Waals surface area contributed by atoms with E-state index in [-0.39, 0.29) is 17.9 Å². The summed E-state index contributed by atoms with van der Waals surface area (Å²) in [4.78, 5) is 23.1. The molecule has 3 N–H and O–H groups in total. The van der Waals surface area contributed by atoms with Crippen LogP contribution < -0.4 is 15.8 Å². The summed E-state index contributed by atoms with van der Waals surface area (Å²) in [6.45, 7) is -0.283. The maximum absolute atomic E-state index is 11.9. The fourth-order valence-corrected chi connectivity index (χ4v) is 2.29. The Kier molecular flexibility index (Phi) is 5.25. The van der Waals surface area contributed by atoms with Gasteiger partial charge in [0.2, 0.25) is 0 Å². The van der Waals surface area contributed by atoms with Crippen LogP contribution in [0.15, 0.2) is 42.5 Å². The molecule has 114 valence electrons. The summed E-state index contributed by atoms with van der Waals surface area (Å²) in [6, 6.07) is 11.1. The Balaban J connectivity index is 2.00. The zero-order valence-corrected chi connectivity index (χ0v) is 12.8. The van der Waals surface area contributed by atoms with Crippen molar-refractivity contribution < 1.29 is 14.3 Å². The molecular weight excluding hydrogens is 327 g/mol. The van der Waals surface area contributed by atoms with Gasteiger partial charge in [-0.15, -0.1) is 0 Å². The first-order chi connectivity index (χ1) is 10.5. The van der Waals surface area contributed by atoms with Crippen LogP contribution in [-0.2, 0) is 4.79 Å². The Morgan fingerprint density at radius 1 is 1.09 bits per heavy atom. The molecule has 0 heterocycles. The summed E-state index contributed by atoms with van der Waals surface area (Å²) in [5.74, 6) is -0.801. The van der Waals surface area contributed by atoms with Gasteiger partial charge in [-0.3, -0.25) is 9.59 Å². The quantitative estimate of drug-likeness (QED) is 0.878. The number of carbonyl (C=O) groups is 2. The second-order valence-electron chi connectivity index (χ2n) is 4.36. The van der Waals surface area contributed by atoms with Gasteiger partial charge in [0.25, 0.3) is 11.8 Å². The molecule has 0 aliphatic carbocycles. The molecule has 22 heavy (non-hydrogen) atoms. The maximum atomic E-state index is 11.9. The number of ether oxygens (including phenoxy) is 1. The van der Waals surface area contributed by atoms with E-state index < -0.39 is 11.8 Å². The number of hydrogen-bond donors (Lipinski definition) is 2. The minimum Gasteiger partial charge on any atom is -0.483 e. The van der Waals surface area contributed by atoms with E-state index >= 15 is 0 Å². The zero-order chi connectivity index (χ0) is 16.1. The number of para-hydroxylation sites is 1. The van der Waals surface area contributed by atoms with Crippen LogP contribution in [-0.4, -0.2) is 18.4 Å². The van der Waals surface area contributed by atoms with Crippen LogP contribution in [0.5, 0.6) is 5.75 Å². The van der Waals surface area contributed by atoms with E-state index in [1.54, 1.807) is 36.4 Å². The molecule has 0 aliphatic heterocycles. The Hall–Kier alpha value is -2.24. The molecule has 0 bridgehead atoms. The highest BCUT2D eigenvalue weighted by molar-refractivity contribution is 6.35. The Morgan fingerprint density at radius 3 is 2.36 bits per heavy atom. The first kappa shape index (κ1) is 16.1. The van der Waals surface area contributed by atoms with Crippen LogP contribution in [0.2, 0.25) is 10.0 Å². The molecule has 2 aromatic rings. The van der Waals surface area contributed by atoms with Crippen LogP contribution in [0.4, 0.5) is 5.69 Å². The van der Waals surface area contributed by atoms with Crippen molar-refractivity contribution in [1.29, 1.82) is 0 Å². The van der Waals surface area contributed by atoms with Crippen molar-refractivity contribution in [3.63, 3.8) is 0 Å². The third-order valence-electron chi connectivity index (χ3n) is 2.66. The molecule has 0 radical (unpaired) electrons. The summed E-state index contributed by atoms with van der Waals surface area (Å²) >= 11 is 11.7. The van der Waals surface area contributed by atoms with Gasteiger partial charge in [-0.25, -0.2) is 0 Å². The fraction of sp³-hybridized carbons (Fsp3) is 0.0667. The lowest BCUT2D eigenvalue weighted by atomic mass is 10.2. The molecule has 0 unspecified atom stereocenters. The van der Waals surface area contributed by atoms with Crippen LogP contribution in [0, 0.1) is 0 Å². The molecule has 0 atom stereocenters. The molecule has 2 amide bonds. The standard InChI is InChI=1S/C15H12Cl2N2O3/c16-9-5-10(17)7-11(6-9)19-14(20)8-22-13-4-2-1-3-12(13)15(18)21/h1-7H,8H2,(H2,18,21)(H,19,20). The van der Waals surface area contributed by atoms with Crippen LogP contribution in [0.25, 0.3) is 0 Å². The first-order valence-corrected chi connectivity index (χ1v) is 6.99. The van der Waals surface area contributed by atoms with Gasteiger partial charge >= 0.3 is 0 Å². The largest absolute Gasteiger partial charge is 0.483 e. The maximum Gasteiger partial charge on any atom is 0.262 e. The van der Waals surface area contributed by atoms with Gasteiger partial charge in [0.15, 0.2) is 6.61 Å². The highest BCUT2D eigenvalue weighted by Gasteiger charge is 2.10. The average molecular weight is 339 g/mol. The summed E-state index contributed by atoms with van der Waals surface area (Å²) < 4.78 is 5.31. The number of halogens is 2. The molecule has 2 aromatic carbocycles. The molecule has 0 aliphatic rings. The van der Waals surface area contributed by atoms with Crippen molar-refractivity contribution in [2.24, 2.45) is 5.73 Å². The Morgan fingerprint density at radius 2 is 1.73 bits per heavy atom. The third-order valence-corrected chi connectivity index (χ3v) is 3.09. The lowest BCUT2D eigenvalue weighted by molar-refractivity contribution is -0.118. The summed E-state index contributed by atoms with van der Waals surface area (Å²) in [5, 5.41) is 3.40. The van der Waals surface area contributed by atoms with Crippen LogP contribution >= 0.6 is 23.2 Å². The van der Waals surface area contributed by atoms with Crippen molar-refractivity contribution in [2.75, 3.05) is 11.9 Å². The number of rotatable bonds is 5. The molecule has 0 fully saturated rings. The number of anilines is 1. The predicted molar refractivity (Wildman–Crippen MR) is 85.5 cm³/mol. The van der Waals surface area contributed by atoms with E-state index in [0.717, 1.165) is 0 Å². The second kappa shape index (κ2) is 7.15. The molecule has 7 heteroatoms. The number of nitrogens with two attached hydrogens (primary N) is 1. The predicted octanol–water partition coefficient (Wildman–Crippen LogP) is 3.11. The molecule has 5 nitrogen and oxygen atoms in total. The van der Waals surface area contributed by atoms with E-state index in [4.69, 9.17) is 33.7 Å². The van der Waals surface area contributed by atoms with Gasteiger partial charge in [0.1, 0.15) is 5.75 Å². The topological polar surface area (TPSA) is 81.4 Å². The molecule has 0 saturated carbocycles. The van der Waals surface area contributed by atoms with Crippen molar-refractivity contribution in [1.82, 2.24) is 0 Å². The van der Waals surface area contributed by atoms with Gasteiger partial charge < -0.3 is 15.8 Å². The normalized spacial score (nSPS) is 10.1. The molecule has 0 aromatic heterocycles. The van der Waals surface area contributed by atoms with Crippen molar-refractivity contribution in [2.45, 2.75) is 0 Å². The first-order valence-electron chi connectivity index (χ1n) is 6.23. The number of benzene rings is 2. The van der Waals surface area contributed by atoms with Crippen molar-refractivity contribution >= 4 is 40.7 Å². The van der Waals surface area contributed by atoms with Crippen LogP contribution in [0.3, 0.4) is 0 Å². The SMILES string of the molecule is NC(=O)c1ccccc1OCC(=O)Nc1cc(Cl)cc(Cl)c1. The highest BCUT2D eigenvalue weighted by atomic mass is 35.5. The Labute approximate surface area is 137 Å². The Bertz CT molecular complexity index is 699. The van der Waals surface area contributed by atoms with Gasteiger partial charge in [0.05, 0.1) is 5.56 Å². The van der Waals surface area contributed by atoms with E-state index in [2.05, 4.69) is 5.32 Å². The lowest BCUT2D eigenvalue weighted by Gasteiger charge is -2.10. The minimum absolute atomic E-state index is 0.209. The van der Waals surface area contributed by atoms with Crippen molar-refractivity contribution in [3.05, 3.63) is 58.1 Å². The van der Waals surface area contributed by atoms with E-state index in [1.165, 1.54) is 6.07 Å². The highest BCUT2D eigenvalue weighted by Crippen LogP contribution is 2.22. The fourth-order valence-electron chi connectivity index (χ4n) is 1.76. The smallest absolute Gasteiger partial charge is 0.262 e. The van der Waals surface area contributed by atoms with Crippen molar-refractivity contribution in [3.8, 4) is 5.75 Å². The third kappa shape index (κ3) is 4.38. The zero-order valence-electron chi connectivity index (χ0n) is 11.3. The number of primary amides is 1. The number of amides is 2. The van der Waals surface area contributed by atoms with Gasteiger partial charge in [-0.1, -0.05) is 35.3 Å². The van der Waals surface area contributed by atoms with Gasteiger partial charge in [0, 0.05) is 15.7 Å². The second-order valence-corrected chi connectivity index (χ2v) is 5.23. The number of carbonyl (C=O) groups excluding carboxylic acids is 2. The molecule has 0 spiro atoms. The summed E-state index contributed by atoms with van der Waals surface area (Å²) in [6.07, 6.45) is 0. The van der Waals surface area contributed by atoms with E-state index in [0.29, 0.717) is 15.7 Å². The molecule has 2 rings (SSSR count). The summed E-state index contributed by atoms with van der Waals surface area (Å²) in [5.41, 5.74) is 5.89. The minimum atomic E-state index is -0.627. The van der Waals surface area contributed by atoms with E-state index in [9.17, 15) is 9.59 Å². The number of hydrogen-bond acceptors (Lipinski definition) is 3. The van der Waals surface area contributed by atoms with Gasteiger partial charge in [-0.2, -0.15) is 0 Å².